The van der Waals surface area contributed by atoms with Crippen molar-refractivity contribution in [3.8, 4) is 0 Å². The van der Waals surface area contributed by atoms with Gasteiger partial charge in [-0.3, -0.25) is 5.32 Å². The van der Waals surface area contributed by atoms with E-state index in [0.29, 0.717) is 12.3 Å². The molecule has 1 fully saturated rings. The molecule has 1 aromatic rings. The molecule has 6 nitrogen and oxygen atoms in total. The number of alkyl carbamates (subject to hydrolysis) is 1. The summed E-state index contributed by atoms with van der Waals surface area (Å²) in [4.78, 5) is 24.5. The fourth-order valence-electron chi connectivity index (χ4n) is 3.52. The SMILES string of the molecule is CCC(C)(C)OC(=O)NC1(c2ccc(NC(=O)OCC3=CC=CCC3)cc2)CCC1. The maximum Gasteiger partial charge on any atom is 0.411 e. The minimum atomic E-state index is -0.493. The Balaban J connectivity index is 1.55. The highest BCUT2D eigenvalue weighted by Gasteiger charge is 2.41. The second-order valence-corrected chi connectivity index (χ2v) is 8.63. The topological polar surface area (TPSA) is 76.7 Å². The zero-order valence-electron chi connectivity index (χ0n) is 18.1. The molecule has 0 saturated heterocycles. The zero-order valence-corrected chi connectivity index (χ0v) is 18.1. The lowest BCUT2D eigenvalue weighted by Gasteiger charge is -2.43. The van der Waals surface area contributed by atoms with Crippen LogP contribution in [0.1, 0.15) is 64.9 Å². The van der Waals surface area contributed by atoms with Gasteiger partial charge in [-0.1, -0.05) is 37.3 Å². The second-order valence-electron chi connectivity index (χ2n) is 8.63. The van der Waals surface area contributed by atoms with E-state index < -0.39 is 17.2 Å². The van der Waals surface area contributed by atoms with Crippen LogP contribution in [0.3, 0.4) is 0 Å². The molecule has 0 aromatic heterocycles. The summed E-state index contributed by atoms with van der Waals surface area (Å²) < 4.78 is 10.9. The summed E-state index contributed by atoms with van der Waals surface area (Å²) in [6.45, 7) is 6.10. The van der Waals surface area contributed by atoms with Crippen LogP contribution in [0.5, 0.6) is 0 Å². The lowest BCUT2D eigenvalue weighted by Crippen LogP contribution is -2.52. The van der Waals surface area contributed by atoms with Gasteiger partial charge in [0.1, 0.15) is 12.2 Å². The third-order valence-corrected chi connectivity index (χ3v) is 5.94. The van der Waals surface area contributed by atoms with Crippen molar-refractivity contribution in [1.29, 1.82) is 0 Å². The maximum atomic E-state index is 12.4. The molecule has 2 amide bonds. The van der Waals surface area contributed by atoms with Crippen molar-refractivity contribution in [2.75, 3.05) is 11.9 Å². The van der Waals surface area contributed by atoms with Crippen molar-refractivity contribution in [2.24, 2.45) is 0 Å². The third kappa shape index (κ3) is 5.65. The van der Waals surface area contributed by atoms with Gasteiger partial charge in [-0.15, -0.1) is 0 Å². The van der Waals surface area contributed by atoms with Crippen molar-refractivity contribution >= 4 is 17.9 Å². The molecule has 2 aliphatic rings. The first kappa shape index (κ1) is 21.9. The van der Waals surface area contributed by atoms with Crippen LogP contribution in [0.2, 0.25) is 0 Å². The van der Waals surface area contributed by atoms with Gasteiger partial charge < -0.3 is 14.8 Å². The highest BCUT2D eigenvalue weighted by molar-refractivity contribution is 5.84. The molecule has 6 heteroatoms. The largest absolute Gasteiger partial charge is 0.445 e. The molecule has 0 radical (unpaired) electrons. The maximum absolute atomic E-state index is 12.4. The van der Waals surface area contributed by atoms with Gasteiger partial charge in [-0.25, -0.2) is 9.59 Å². The van der Waals surface area contributed by atoms with E-state index in [0.717, 1.165) is 49.7 Å². The van der Waals surface area contributed by atoms with E-state index in [-0.39, 0.29) is 6.09 Å². The number of allylic oxidation sites excluding steroid dienone is 3. The monoisotopic (exact) mass is 412 g/mol. The fourth-order valence-corrected chi connectivity index (χ4v) is 3.52. The number of carbonyl (C=O) groups excluding carboxylic acids is 2. The number of benzene rings is 1. The Kier molecular flexibility index (Phi) is 6.85. The smallest absolute Gasteiger partial charge is 0.411 e. The van der Waals surface area contributed by atoms with Gasteiger partial charge in [0, 0.05) is 5.69 Å². The molecular weight excluding hydrogens is 380 g/mol. The van der Waals surface area contributed by atoms with E-state index in [9.17, 15) is 9.59 Å². The molecule has 0 heterocycles. The highest BCUT2D eigenvalue weighted by atomic mass is 16.6. The van der Waals surface area contributed by atoms with E-state index in [4.69, 9.17) is 9.47 Å². The summed E-state index contributed by atoms with van der Waals surface area (Å²) in [7, 11) is 0. The number of hydrogen-bond donors (Lipinski definition) is 2. The standard InChI is InChI=1S/C24H32N2O4/c1-4-23(2,3)30-22(28)26-24(15-8-16-24)19-11-13-20(14-12-19)25-21(27)29-17-18-9-6-5-7-10-18/h5-6,9,11-14H,4,7-8,10,15-17H2,1-3H3,(H,25,27)(H,26,28). The molecule has 2 N–H and O–H groups in total. The summed E-state index contributed by atoms with van der Waals surface area (Å²) in [5.74, 6) is 0. The first-order chi connectivity index (χ1) is 14.3. The van der Waals surface area contributed by atoms with E-state index >= 15 is 0 Å². The van der Waals surface area contributed by atoms with Crippen molar-refractivity contribution in [3.05, 3.63) is 53.6 Å². The van der Waals surface area contributed by atoms with Crippen LogP contribution in [0, 0.1) is 0 Å². The van der Waals surface area contributed by atoms with E-state index in [1.54, 1.807) is 0 Å². The Labute approximate surface area is 178 Å². The Morgan fingerprint density at radius 3 is 2.43 bits per heavy atom. The van der Waals surface area contributed by atoms with Crippen LogP contribution in [0.25, 0.3) is 0 Å². The predicted octanol–water partition coefficient (Wildman–Crippen LogP) is 5.81. The lowest BCUT2D eigenvalue weighted by atomic mass is 9.72. The number of carbonyl (C=O) groups is 2. The van der Waals surface area contributed by atoms with E-state index in [1.165, 1.54) is 0 Å². The van der Waals surface area contributed by atoms with Crippen molar-refractivity contribution in [2.45, 2.75) is 70.4 Å². The molecule has 0 aliphatic heterocycles. The zero-order chi connectivity index (χ0) is 21.6. The molecule has 0 bridgehead atoms. The number of ether oxygens (including phenoxy) is 2. The number of nitrogens with one attached hydrogen (secondary N) is 2. The number of rotatable bonds is 7. The van der Waals surface area contributed by atoms with Crippen LogP contribution < -0.4 is 10.6 Å². The minimum Gasteiger partial charge on any atom is -0.445 e. The van der Waals surface area contributed by atoms with Crippen LogP contribution in [-0.2, 0) is 15.0 Å². The van der Waals surface area contributed by atoms with Crippen molar-refractivity contribution in [1.82, 2.24) is 5.32 Å². The second kappa shape index (κ2) is 9.37. The quantitative estimate of drug-likeness (QED) is 0.593. The first-order valence-electron chi connectivity index (χ1n) is 10.7. The normalized spacial score (nSPS) is 17.4. The van der Waals surface area contributed by atoms with Crippen molar-refractivity contribution < 1.29 is 19.1 Å². The van der Waals surface area contributed by atoms with E-state index in [1.807, 2.05) is 57.2 Å². The van der Waals surface area contributed by atoms with E-state index in [2.05, 4.69) is 16.7 Å². The Morgan fingerprint density at radius 2 is 1.87 bits per heavy atom. The molecular formula is C24H32N2O4. The average molecular weight is 413 g/mol. The third-order valence-electron chi connectivity index (χ3n) is 5.94. The number of hydrogen-bond acceptors (Lipinski definition) is 4. The molecule has 3 rings (SSSR count). The lowest BCUT2D eigenvalue weighted by molar-refractivity contribution is 0.0236. The Hall–Kier alpha value is -2.76. The van der Waals surface area contributed by atoms with Crippen LogP contribution in [-0.4, -0.2) is 24.4 Å². The number of amides is 2. The molecule has 30 heavy (non-hydrogen) atoms. The van der Waals surface area contributed by atoms with Gasteiger partial charge in [0.15, 0.2) is 0 Å². The van der Waals surface area contributed by atoms with Gasteiger partial charge >= 0.3 is 12.2 Å². The summed E-state index contributed by atoms with van der Waals surface area (Å²) in [6, 6.07) is 7.55. The van der Waals surface area contributed by atoms with Crippen molar-refractivity contribution in [3.63, 3.8) is 0 Å². The molecule has 0 unspecified atom stereocenters. The van der Waals surface area contributed by atoms with Crippen LogP contribution in [0.15, 0.2) is 48.1 Å². The van der Waals surface area contributed by atoms with Gasteiger partial charge in [0.05, 0.1) is 5.54 Å². The molecule has 0 atom stereocenters. The van der Waals surface area contributed by atoms with Gasteiger partial charge in [0.2, 0.25) is 0 Å². The molecule has 1 aromatic carbocycles. The summed E-state index contributed by atoms with van der Waals surface area (Å²) in [5.41, 5.74) is 1.89. The first-order valence-corrected chi connectivity index (χ1v) is 10.7. The average Bonchev–Trinajstić information content (AvgIpc) is 2.70. The number of anilines is 1. The molecule has 1 saturated carbocycles. The van der Waals surface area contributed by atoms with Gasteiger partial charge in [-0.2, -0.15) is 0 Å². The van der Waals surface area contributed by atoms with Gasteiger partial charge in [0.25, 0.3) is 0 Å². The van der Waals surface area contributed by atoms with Gasteiger partial charge in [-0.05, 0) is 75.6 Å². The minimum absolute atomic E-state index is 0.303. The molecule has 0 spiro atoms. The van der Waals surface area contributed by atoms with Crippen LogP contribution >= 0.6 is 0 Å². The molecule has 162 valence electrons. The highest BCUT2D eigenvalue weighted by Crippen LogP contribution is 2.41. The summed E-state index contributed by atoms with van der Waals surface area (Å²) >= 11 is 0. The summed E-state index contributed by atoms with van der Waals surface area (Å²) in [5, 5.41) is 5.83. The molecule has 2 aliphatic carbocycles. The fraction of sp³-hybridized carbons (Fsp3) is 0.500. The van der Waals surface area contributed by atoms with Crippen LogP contribution in [0.4, 0.5) is 15.3 Å². The Bertz CT molecular complexity index is 820. The summed E-state index contributed by atoms with van der Waals surface area (Å²) in [6.07, 6.45) is 10.7. The Morgan fingerprint density at radius 1 is 1.13 bits per heavy atom. The predicted molar refractivity (Wildman–Crippen MR) is 117 cm³/mol.